The zero-order valence-corrected chi connectivity index (χ0v) is 16.2. The Morgan fingerprint density at radius 1 is 0.389 bits per heavy atom. The summed E-state index contributed by atoms with van der Waals surface area (Å²) in [6.45, 7) is 0. The minimum absolute atomic E-state index is 0. The van der Waals surface area contributed by atoms with E-state index in [1.807, 2.05) is 0 Å². The number of hydrogen-bond acceptors (Lipinski definition) is 12. The molecule has 0 atom stereocenters. The Labute approximate surface area is 136 Å². The first-order valence-corrected chi connectivity index (χ1v) is 2.19. The predicted octanol–water partition coefficient (Wildman–Crippen LogP) is -0.961. The van der Waals surface area contributed by atoms with Crippen molar-refractivity contribution >= 4 is 0 Å². The maximum absolute atomic E-state index is 8.25. The van der Waals surface area contributed by atoms with Crippen LogP contribution >= 0.6 is 0 Å². The van der Waals surface area contributed by atoms with E-state index in [1.165, 1.54) is 0 Å². The van der Waals surface area contributed by atoms with Gasteiger partial charge in [-0.3, -0.25) is 0 Å². The van der Waals surface area contributed by atoms with Gasteiger partial charge < -0.3 is 61.3 Å². The second-order valence-electron chi connectivity index (χ2n) is 0.894. The number of rotatable bonds is 0. The summed E-state index contributed by atoms with van der Waals surface area (Å²) in [5, 5.41) is 59.0. The van der Waals surface area contributed by atoms with Crippen LogP contribution in [0, 0.1) is 61.3 Å². The zero-order chi connectivity index (χ0) is 14.3. The molecule has 16 nitrogen and oxygen atoms in total. The second-order valence-corrected chi connectivity index (χ2v) is 0.894. The molecule has 0 spiro atoms. The van der Waals surface area contributed by atoms with Crippen molar-refractivity contribution in [3.8, 4) is 0 Å². The summed E-state index contributed by atoms with van der Waals surface area (Å²) in [5.74, 6) is 0. The maximum Gasteiger partial charge on any atom is 2.00 e. The molecule has 0 bridgehead atoms. The minimum Gasteiger partial charge on any atom is -0.356 e. The summed E-state index contributed by atoms with van der Waals surface area (Å²) < 4.78 is 0. The first kappa shape index (κ1) is 36.0. The molecule has 96 valence electrons. The van der Waals surface area contributed by atoms with Crippen LogP contribution in [0.1, 0.15) is 0 Å². The SMILES string of the molecule is O=[N+]([O-])[O-].O=[N+]([O-])[O-].O=[N+]([O-])[O-].O=[N+]([O-])[O-].[Cd+2].[Cd+2]. The molecule has 0 fully saturated rings. The normalized spacial score (nSPS) is 5.33. The molecule has 18 heavy (non-hydrogen) atoms. The van der Waals surface area contributed by atoms with E-state index in [-0.39, 0.29) is 54.6 Å². The number of nitrogens with zero attached hydrogens (tertiary/aromatic N) is 4. The Hall–Kier alpha value is -1.36. The Bertz CT molecular complexity index is 162. The van der Waals surface area contributed by atoms with Crippen molar-refractivity contribution in [1.82, 2.24) is 0 Å². The van der Waals surface area contributed by atoms with Crippen LogP contribution in [-0.2, 0) is 54.6 Å². The van der Waals surface area contributed by atoms with E-state index in [0.717, 1.165) is 0 Å². The number of hydrogen-bond donors (Lipinski definition) is 0. The van der Waals surface area contributed by atoms with Crippen LogP contribution in [-0.4, -0.2) is 20.3 Å². The van der Waals surface area contributed by atoms with E-state index >= 15 is 0 Å². The van der Waals surface area contributed by atoms with Crippen LogP contribution in [0.3, 0.4) is 0 Å². The first-order chi connectivity index (χ1) is 6.93. The summed E-state index contributed by atoms with van der Waals surface area (Å²) in [5.41, 5.74) is 0. The minimum atomic E-state index is -1.75. The van der Waals surface area contributed by atoms with Crippen LogP contribution < -0.4 is 0 Å². The Balaban J connectivity index is -0.0000000257. The van der Waals surface area contributed by atoms with Crippen LogP contribution in [0.4, 0.5) is 0 Å². The molecular formula is Cd2N4O12. The molecule has 0 aliphatic rings. The van der Waals surface area contributed by atoms with E-state index in [2.05, 4.69) is 0 Å². The molecule has 0 aliphatic heterocycles. The van der Waals surface area contributed by atoms with Crippen molar-refractivity contribution in [2.75, 3.05) is 0 Å². The summed E-state index contributed by atoms with van der Waals surface area (Å²) in [6, 6.07) is 0. The molecule has 0 rings (SSSR count). The topological polar surface area (TPSA) is 265 Å². The van der Waals surface area contributed by atoms with Gasteiger partial charge in [0.1, 0.15) is 0 Å². The van der Waals surface area contributed by atoms with Crippen LogP contribution in [0.2, 0.25) is 0 Å². The van der Waals surface area contributed by atoms with Crippen molar-refractivity contribution < 1.29 is 74.9 Å². The zero-order valence-electron chi connectivity index (χ0n) is 8.10. The van der Waals surface area contributed by atoms with Gasteiger partial charge in [0.25, 0.3) is 0 Å². The van der Waals surface area contributed by atoms with Gasteiger partial charge in [-0.25, -0.2) is 0 Å². The molecule has 0 saturated carbocycles. The average molecular weight is 473 g/mol. The Kier molecular flexibility index (Phi) is 59.1. The third-order valence-electron chi connectivity index (χ3n) is 0. The van der Waals surface area contributed by atoms with Gasteiger partial charge in [0.15, 0.2) is 0 Å². The third kappa shape index (κ3) is 1480. The molecule has 0 amide bonds. The standard InChI is InChI=1S/2Cd.4NO3/c;;4*2-1(3)4/q2*+2;4*-1. The molecule has 0 N–H and O–H groups in total. The van der Waals surface area contributed by atoms with Crippen LogP contribution in [0.5, 0.6) is 0 Å². The van der Waals surface area contributed by atoms with E-state index in [9.17, 15) is 0 Å². The van der Waals surface area contributed by atoms with Gasteiger partial charge in [-0.2, -0.15) is 0 Å². The van der Waals surface area contributed by atoms with Crippen molar-refractivity contribution in [2.45, 2.75) is 0 Å². The maximum atomic E-state index is 8.25. The molecule has 0 aromatic carbocycles. The molecule has 0 aromatic heterocycles. The van der Waals surface area contributed by atoms with Gasteiger partial charge in [0.05, 0.1) is 20.3 Å². The predicted molar refractivity (Wildman–Crippen MR) is 41.4 cm³/mol. The fourth-order valence-electron chi connectivity index (χ4n) is 0. The molecule has 0 saturated heterocycles. The van der Waals surface area contributed by atoms with E-state index in [4.69, 9.17) is 61.3 Å². The fourth-order valence-corrected chi connectivity index (χ4v) is 0. The summed E-state index contributed by atoms with van der Waals surface area (Å²) in [6.07, 6.45) is 0. The molecule has 0 radical (unpaired) electrons. The van der Waals surface area contributed by atoms with Crippen molar-refractivity contribution in [3.63, 3.8) is 0 Å². The molecular weight excluding hydrogens is 473 g/mol. The van der Waals surface area contributed by atoms with Gasteiger partial charge in [-0.15, -0.1) is 0 Å². The third-order valence-corrected chi connectivity index (χ3v) is 0. The smallest absolute Gasteiger partial charge is 0.356 e. The molecule has 18 heteroatoms. The van der Waals surface area contributed by atoms with Gasteiger partial charge in [0, 0.05) is 0 Å². The molecule has 0 unspecified atom stereocenters. The van der Waals surface area contributed by atoms with Gasteiger partial charge in [-0.1, -0.05) is 0 Å². The average Bonchev–Trinajstić information content (AvgIpc) is 1.76. The summed E-state index contributed by atoms with van der Waals surface area (Å²) >= 11 is 0. The van der Waals surface area contributed by atoms with Gasteiger partial charge in [-0.05, 0) is 0 Å². The van der Waals surface area contributed by atoms with Crippen molar-refractivity contribution in [3.05, 3.63) is 61.3 Å². The quantitative estimate of drug-likeness (QED) is 0.234. The van der Waals surface area contributed by atoms with Crippen molar-refractivity contribution in [2.24, 2.45) is 0 Å². The first-order valence-electron chi connectivity index (χ1n) is 2.19. The molecule has 0 aromatic rings. The largest absolute Gasteiger partial charge is 2.00 e. The second kappa shape index (κ2) is 29.6. The van der Waals surface area contributed by atoms with Crippen molar-refractivity contribution in [1.29, 1.82) is 0 Å². The molecule has 0 heterocycles. The Morgan fingerprint density at radius 2 is 0.389 bits per heavy atom. The van der Waals surface area contributed by atoms with Crippen LogP contribution in [0.25, 0.3) is 0 Å². The van der Waals surface area contributed by atoms with E-state index in [0.29, 0.717) is 0 Å². The van der Waals surface area contributed by atoms with E-state index < -0.39 is 20.3 Å². The Morgan fingerprint density at radius 3 is 0.389 bits per heavy atom. The fraction of sp³-hybridized carbons (Fsp3) is 0. The summed E-state index contributed by atoms with van der Waals surface area (Å²) in [7, 11) is 0. The van der Waals surface area contributed by atoms with Crippen LogP contribution in [0.15, 0.2) is 0 Å². The monoisotopic (exact) mass is 476 g/mol. The molecule has 0 aliphatic carbocycles. The van der Waals surface area contributed by atoms with Gasteiger partial charge >= 0.3 is 54.6 Å². The van der Waals surface area contributed by atoms with Gasteiger partial charge in [0.2, 0.25) is 0 Å². The summed E-state index contributed by atoms with van der Waals surface area (Å²) in [4.78, 5) is 33.0. The van der Waals surface area contributed by atoms with E-state index in [1.54, 1.807) is 0 Å².